The molecule has 3 N–H and O–H groups in total. The van der Waals surface area contributed by atoms with Gasteiger partial charge in [-0.25, -0.2) is 25.3 Å². The van der Waals surface area contributed by atoms with Crippen molar-refractivity contribution in [1.82, 2.24) is 18.8 Å². The summed E-state index contributed by atoms with van der Waals surface area (Å²) >= 11 is 43.1. The second kappa shape index (κ2) is 58.6. The highest BCUT2D eigenvalue weighted by molar-refractivity contribution is 8.13. The number of hydrogen-bond acceptors (Lipinski definition) is 32. The van der Waals surface area contributed by atoms with Crippen LogP contribution in [0.25, 0.3) is 0 Å². The van der Waals surface area contributed by atoms with E-state index in [1.807, 2.05) is 4.90 Å². The van der Waals surface area contributed by atoms with Gasteiger partial charge in [0.05, 0.1) is 110 Å². The first kappa shape index (κ1) is 121. The number of pyridine rings is 3. The number of rotatable bonds is 48. The number of benzene rings is 6. The maximum absolute atomic E-state index is 14.1. The number of aromatic nitrogens is 3. The SMILES string of the molecule is COc1ccc(S(=O)(=O)Cl)cc1OC.COc1ccc(S(=O)(=O)N(CCN2CCOCC2)CC(=O)O[C@@H](Cc2c(Cl)c[n+]([O-])cc2Cl)c2ccc(OC(F)F)c(OCC3CC3)c2)cc1OC.COc1ccc(S(=O)(=O)NCC(=O)O[C@@H](Cc2c(Cl)c[n+]([O-])cc2Cl)c2ccc(OC(F)F)c(OCC3CC3)c2)cc1OC.ClCCN1CCOCC1.NCC(=O)O[C@@H](Cc1c(Cl)c[n+]([O-])cc1Cl)c1ccc(OC(F)F)c(OCC2CC2)c1. The Morgan fingerprint density at radius 3 is 1.05 bits per heavy atom. The second-order valence-electron chi connectivity index (χ2n) is 33.4. The summed E-state index contributed by atoms with van der Waals surface area (Å²) in [6, 6.07) is 24.5. The smallest absolute Gasteiger partial charge is 0.387 e. The molecule has 2 saturated heterocycles. The molecular formula is C96H108Cl8F6N8O29S3. The van der Waals surface area contributed by atoms with Gasteiger partial charge in [-0.05, 0) is 146 Å². The highest BCUT2D eigenvalue weighted by Gasteiger charge is 2.36. The average molecular weight is 2330 g/mol. The molecule has 0 unspecified atom stereocenters. The molecule has 14 rings (SSSR count). The molecule has 37 nitrogen and oxygen atoms in total. The highest BCUT2D eigenvalue weighted by atomic mass is 35.7. The Morgan fingerprint density at radius 2 is 0.733 bits per heavy atom. The van der Waals surface area contributed by atoms with Gasteiger partial charge < -0.3 is 102 Å². The predicted octanol–water partition coefficient (Wildman–Crippen LogP) is 15.7. The third-order valence-corrected chi connectivity index (χ3v) is 29.5. The Balaban J connectivity index is 0.000000211. The van der Waals surface area contributed by atoms with Crippen LogP contribution in [0.3, 0.4) is 0 Å². The van der Waals surface area contributed by atoms with E-state index in [1.54, 1.807) is 0 Å². The zero-order chi connectivity index (χ0) is 109. The summed E-state index contributed by atoms with van der Waals surface area (Å²) in [6.45, 7) is -3.04. The maximum atomic E-state index is 14.1. The summed E-state index contributed by atoms with van der Waals surface area (Å²) in [6.07, 6.45) is 8.67. The fourth-order valence-corrected chi connectivity index (χ4v) is 19.5. The highest BCUT2D eigenvalue weighted by Crippen LogP contribution is 2.44. The van der Waals surface area contributed by atoms with Crippen LogP contribution in [0.4, 0.5) is 26.3 Å². The van der Waals surface area contributed by atoms with Crippen LogP contribution in [0, 0.1) is 33.4 Å². The molecule has 0 spiro atoms. The number of carbonyl (C=O) groups is 3. The van der Waals surface area contributed by atoms with Gasteiger partial charge in [0.15, 0.2) is 106 Å². The van der Waals surface area contributed by atoms with E-state index in [9.17, 15) is 81.6 Å². The number of sulfonamides is 2. The average Bonchev–Trinajstić information content (AvgIpc) is 1.48. The maximum Gasteiger partial charge on any atom is 0.387 e. The first-order chi connectivity index (χ1) is 71.4. The van der Waals surface area contributed by atoms with Crippen LogP contribution in [0.5, 0.6) is 69.0 Å². The van der Waals surface area contributed by atoms with Gasteiger partial charge in [-0.3, -0.25) is 24.2 Å². The van der Waals surface area contributed by atoms with E-state index in [1.165, 1.54) is 152 Å². The Hall–Kier alpha value is -10.4. The zero-order valence-corrected chi connectivity index (χ0v) is 89.8. The summed E-state index contributed by atoms with van der Waals surface area (Å²) in [5.41, 5.74) is 7.24. The fourth-order valence-electron chi connectivity index (χ4n) is 14.4. The molecule has 0 bridgehead atoms. The zero-order valence-electron chi connectivity index (χ0n) is 81.3. The minimum Gasteiger partial charge on any atom is -0.619 e. The number of alkyl halides is 7. The lowest BCUT2D eigenvalue weighted by Crippen LogP contribution is -2.44. The number of hydrogen-bond donors (Lipinski definition) is 2. The summed E-state index contributed by atoms with van der Waals surface area (Å²) in [4.78, 5) is 42.7. The van der Waals surface area contributed by atoms with Crippen molar-refractivity contribution in [2.45, 2.75) is 111 Å². The molecule has 3 aromatic heterocycles. The fraction of sp³-hybridized carbons (Fsp3) is 0.438. The molecule has 5 fully saturated rings. The van der Waals surface area contributed by atoms with Gasteiger partial charge in [0.2, 0.25) is 20.0 Å². The standard InChI is InChI=1S/C34H39Cl2F2N3O10S.C28H28Cl2F2N2O9S.C20H20Cl2F2N2O5.C8H9ClO4S.C6H12ClNO/c1-46-28-8-6-24(16-31(28)47-2)52(44,45)41(10-9-39-11-13-48-14-12-39)20-33(42)50-30(17-25-26(35)18-40(43)19-27(25)36)23-5-7-29(51-34(37)38)32(15-23)49-21-22-3-4-22;1-39-22-8-6-18(10-25(22)40-2)44(37,38)33-12-27(35)42-24(11-19-20(29)13-34(36)14-21(19)30)17-5-7-23(43-28(31)32)26(9-17)41-15-16-3-4-16;21-14-8-26(28)9-15(22)13(14)6-17(30-19(27)7-25)12-3-4-16(31-20(23)24)18(5-12)29-10-11-1-2-11;1-12-7-4-3-6(14(9,10)11)5-8(7)13-2;7-1-2-8-3-5-9-6-4-8/h5-8,15-16,18-19,22,30,34H,3-4,9-14,17,20-21H2,1-2H3;5-10,13-14,16,24,28,33H,3-4,11-12,15H2,1-2H3;3-5,8-9,11,17,20H,1-2,6-7,10,25H2;3-5H,1-2H3;1-6H2/t30-;24-;17-;;/m000../s1. The van der Waals surface area contributed by atoms with Gasteiger partial charge in [-0.2, -0.15) is 49.6 Å². The number of halogens is 14. The van der Waals surface area contributed by atoms with Crippen molar-refractivity contribution in [3.8, 4) is 69.0 Å². The number of ether oxygens (including phenoxy) is 17. The van der Waals surface area contributed by atoms with E-state index in [2.05, 4.69) is 23.8 Å². The lowest BCUT2D eigenvalue weighted by molar-refractivity contribution is -0.605. The van der Waals surface area contributed by atoms with Crippen LogP contribution in [-0.4, -0.2) is 237 Å². The number of esters is 3. The van der Waals surface area contributed by atoms with Crippen LogP contribution in [-0.2, 0) is 86.4 Å². The number of methoxy groups -OCH3 is 6. The molecule has 54 heteroatoms. The van der Waals surface area contributed by atoms with Crippen molar-refractivity contribution in [3.63, 3.8) is 0 Å². The first-order valence-electron chi connectivity index (χ1n) is 45.9. The number of morpholine rings is 2. The lowest BCUT2D eigenvalue weighted by Gasteiger charge is -2.30. The minimum atomic E-state index is -4.31. The molecule has 822 valence electrons. The van der Waals surface area contributed by atoms with Crippen molar-refractivity contribution < 1.29 is 161 Å². The van der Waals surface area contributed by atoms with Gasteiger partial charge in [0.1, 0.15) is 61.5 Å². The van der Waals surface area contributed by atoms with Crippen LogP contribution in [0.2, 0.25) is 30.1 Å². The number of nitrogens with two attached hydrogens (primary N) is 1. The molecule has 0 radical (unpaired) electrons. The van der Waals surface area contributed by atoms with Gasteiger partial charge in [0, 0.05) is 117 Å². The predicted molar refractivity (Wildman–Crippen MR) is 538 cm³/mol. The van der Waals surface area contributed by atoms with Gasteiger partial charge in [-0.1, -0.05) is 87.8 Å². The normalized spacial score (nSPS) is 14.9. The van der Waals surface area contributed by atoms with E-state index in [-0.39, 0.29) is 170 Å². The van der Waals surface area contributed by atoms with Crippen molar-refractivity contribution in [2.75, 3.05) is 160 Å². The molecule has 150 heavy (non-hydrogen) atoms. The number of nitrogens with one attached hydrogen (secondary N) is 1. The largest absolute Gasteiger partial charge is 0.619 e. The summed E-state index contributed by atoms with van der Waals surface area (Å²) < 4.78 is 248. The minimum absolute atomic E-state index is 0.00317. The molecule has 2 aliphatic heterocycles. The monoisotopic (exact) mass is 2330 g/mol. The third kappa shape index (κ3) is 38.1. The van der Waals surface area contributed by atoms with E-state index in [0.29, 0.717) is 93.7 Å². The number of nitrogens with zero attached hydrogens (tertiary/aromatic N) is 6. The topological polar surface area (TPSA) is 439 Å². The summed E-state index contributed by atoms with van der Waals surface area (Å²) in [5, 5.41) is 35.3. The second-order valence-corrected chi connectivity index (χ2v) is 42.5. The molecule has 5 heterocycles. The van der Waals surface area contributed by atoms with Crippen molar-refractivity contribution >= 4 is 139 Å². The van der Waals surface area contributed by atoms with Crippen LogP contribution in [0.15, 0.2) is 161 Å². The molecule has 5 aliphatic rings. The van der Waals surface area contributed by atoms with E-state index in [0.717, 1.165) is 119 Å². The molecule has 0 amide bonds. The number of carbonyl (C=O) groups excluding carboxylic acids is 3. The first-order valence-corrected chi connectivity index (χ1v) is 53.9. The summed E-state index contributed by atoms with van der Waals surface area (Å²) in [7, 11) is 1.34. The Morgan fingerprint density at radius 1 is 0.427 bits per heavy atom. The van der Waals surface area contributed by atoms with Crippen molar-refractivity contribution in [2.24, 2.45) is 23.5 Å². The lowest BCUT2D eigenvalue weighted by atomic mass is 10.0. The Bertz CT molecular complexity index is 6310. The molecule has 3 atom stereocenters. The van der Waals surface area contributed by atoms with E-state index in [4.69, 9.17) is 164 Å². The Labute approximate surface area is 900 Å². The molecule has 3 saturated carbocycles. The Kier molecular flexibility index (Phi) is 47.5. The molecule has 9 aromatic rings. The van der Waals surface area contributed by atoms with Crippen LogP contribution in [0.1, 0.15) is 90.2 Å². The molecule has 6 aromatic carbocycles. The van der Waals surface area contributed by atoms with Gasteiger partial charge in [-0.15, -0.1) is 11.6 Å². The van der Waals surface area contributed by atoms with E-state index < -0.39 is 98.2 Å². The van der Waals surface area contributed by atoms with Crippen LogP contribution < -0.4 is 81.5 Å². The van der Waals surface area contributed by atoms with Crippen molar-refractivity contribution in [1.29, 1.82) is 0 Å². The third-order valence-electron chi connectivity index (χ3n) is 22.8. The quantitative estimate of drug-likeness (QED) is 0.00680. The molecular weight excluding hydrogens is 2220 g/mol. The van der Waals surface area contributed by atoms with Crippen LogP contribution >= 0.6 is 91.9 Å². The summed E-state index contributed by atoms with van der Waals surface area (Å²) in [5.74, 6) is 0.290. The van der Waals surface area contributed by atoms with E-state index >= 15 is 0 Å². The van der Waals surface area contributed by atoms with Gasteiger partial charge >= 0.3 is 37.7 Å². The van der Waals surface area contributed by atoms with Gasteiger partial charge in [0.25, 0.3) is 9.05 Å². The van der Waals surface area contributed by atoms with Crippen molar-refractivity contribution in [3.05, 3.63) is 226 Å². The molecule has 3 aliphatic carbocycles.